The first kappa shape index (κ1) is 11.2. The third-order valence-corrected chi connectivity index (χ3v) is 3.83. The summed E-state index contributed by atoms with van der Waals surface area (Å²) in [6.07, 6.45) is 3.59. The summed E-state index contributed by atoms with van der Waals surface area (Å²) in [6, 6.07) is 4.24. The fraction of sp³-hybridized carbons (Fsp3) is 0.231. The van der Waals surface area contributed by atoms with Gasteiger partial charge in [-0.1, -0.05) is 0 Å². The zero-order valence-electron chi connectivity index (χ0n) is 10.3. The van der Waals surface area contributed by atoms with E-state index in [1.807, 2.05) is 17.5 Å². The molecule has 18 heavy (non-hydrogen) atoms. The van der Waals surface area contributed by atoms with E-state index < -0.39 is 0 Å². The van der Waals surface area contributed by atoms with E-state index in [2.05, 4.69) is 28.4 Å². The summed E-state index contributed by atoms with van der Waals surface area (Å²) in [6.45, 7) is 4.30. The van der Waals surface area contributed by atoms with Crippen LogP contribution in [0.15, 0.2) is 29.9 Å². The summed E-state index contributed by atoms with van der Waals surface area (Å²) in [7, 11) is 0. The van der Waals surface area contributed by atoms with Crippen LogP contribution in [0.1, 0.15) is 19.9 Å². The van der Waals surface area contributed by atoms with Crippen LogP contribution in [0.5, 0.6) is 0 Å². The Labute approximate surface area is 109 Å². The van der Waals surface area contributed by atoms with Crippen molar-refractivity contribution in [3.8, 4) is 10.7 Å². The van der Waals surface area contributed by atoms with Crippen LogP contribution < -0.4 is 5.73 Å². The number of nitrogens with two attached hydrogens (primary N) is 1. The molecule has 0 radical (unpaired) electrons. The summed E-state index contributed by atoms with van der Waals surface area (Å²) in [5.41, 5.74) is 8.80. The Morgan fingerprint density at radius 3 is 2.83 bits per heavy atom. The quantitative estimate of drug-likeness (QED) is 0.767. The van der Waals surface area contributed by atoms with E-state index in [-0.39, 0.29) is 0 Å². The highest BCUT2D eigenvalue weighted by molar-refractivity contribution is 7.14. The number of imidazole rings is 1. The number of rotatable bonds is 2. The standard InChI is InChI=1S/C13H14N4S/c1-8(2)17-11-3-5-15-7-10(11)16-13(17)12-9(14)4-6-18-12/h3-8H,14H2,1-2H3. The predicted octanol–water partition coefficient (Wildman–Crippen LogP) is 3.32. The van der Waals surface area contributed by atoms with E-state index in [1.165, 1.54) is 0 Å². The highest BCUT2D eigenvalue weighted by Gasteiger charge is 2.17. The molecule has 3 rings (SSSR count). The summed E-state index contributed by atoms with van der Waals surface area (Å²) < 4.78 is 2.21. The van der Waals surface area contributed by atoms with Gasteiger partial charge in [-0.15, -0.1) is 11.3 Å². The van der Waals surface area contributed by atoms with Crippen molar-refractivity contribution >= 4 is 28.1 Å². The van der Waals surface area contributed by atoms with E-state index in [4.69, 9.17) is 5.73 Å². The highest BCUT2D eigenvalue weighted by Crippen LogP contribution is 2.34. The lowest BCUT2D eigenvalue weighted by atomic mass is 10.3. The van der Waals surface area contributed by atoms with E-state index >= 15 is 0 Å². The Hall–Kier alpha value is -1.88. The average molecular weight is 258 g/mol. The molecule has 5 heteroatoms. The maximum atomic E-state index is 6.00. The van der Waals surface area contributed by atoms with Gasteiger partial charge in [-0.2, -0.15) is 0 Å². The number of fused-ring (bicyclic) bond motifs is 1. The van der Waals surface area contributed by atoms with Gasteiger partial charge in [0.25, 0.3) is 0 Å². The molecule has 2 N–H and O–H groups in total. The molecule has 0 fully saturated rings. The van der Waals surface area contributed by atoms with E-state index in [0.29, 0.717) is 6.04 Å². The van der Waals surface area contributed by atoms with Crippen LogP contribution in [0.2, 0.25) is 0 Å². The minimum Gasteiger partial charge on any atom is -0.397 e. The van der Waals surface area contributed by atoms with Crippen molar-refractivity contribution in [2.45, 2.75) is 19.9 Å². The fourth-order valence-electron chi connectivity index (χ4n) is 2.13. The predicted molar refractivity (Wildman–Crippen MR) is 75.6 cm³/mol. The minimum absolute atomic E-state index is 0.328. The minimum atomic E-state index is 0.328. The van der Waals surface area contributed by atoms with Crippen molar-refractivity contribution in [2.24, 2.45) is 0 Å². The van der Waals surface area contributed by atoms with Crippen molar-refractivity contribution < 1.29 is 0 Å². The largest absolute Gasteiger partial charge is 0.397 e. The van der Waals surface area contributed by atoms with E-state index in [1.54, 1.807) is 23.7 Å². The second-order valence-corrected chi connectivity index (χ2v) is 5.38. The maximum absolute atomic E-state index is 6.00. The van der Waals surface area contributed by atoms with Crippen LogP contribution in [0.4, 0.5) is 5.69 Å². The maximum Gasteiger partial charge on any atom is 0.153 e. The molecule has 0 atom stereocenters. The zero-order valence-corrected chi connectivity index (χ0v) is 11.1. The number of nitrogens with zero attached hydrogens (tertiary/aromatic N) is 3. The van der Waals surface area contributed by atoms with Gasteiger partial charge in [0.15, 0.2) is 5.82 Å². The van der Waals surface area contributed by atoms with Crippen LogP contribution in [0.3, 0.4) is 0 Å². The Balaban J connectivity index is 2.35. The van der Waals surface area contributed by atoms with Gasteiger partial charge in [0.05, 0.1) is 22.3 Å². The first-order valence-electron chi connectivity index (χ1n) is 5.83. The van der Waals surface area contributed by atoms with Gasteiger partial charge >= 0.3 is 0 Å². The Morgan fingerprint density at radius 2 is 2.17 bits per heavy atom. The number of hydrogen-bond acceptors (Lipinski definition) is 4. The number of aromatic nitrogens is 3. The van der Waals surface area contributed by atoms with Crippen molar-refractivity contribution in [3.63, 3.8) is 0 Å². The molecule has 0 aliphatic heterocycles. The lowest BCUT2D eigenvalue weighted by Crippen LogP contribution is -2.03. The lowest BCUT2D eigenvalue weighted by molar-refractivity contribution is 0.625. The van der Waals surface area contributed by atoms with Crippen LogP contribution in [-0.2, 0) is 0 Å². The topological polar surface area (TPSA) is 56.7 Å². The number of hydrogen-bond donors (Lipinski definition) is 1. The lowest BCUT2D eigenvalue weighted by Gasteiger charge is -2.12. The number of thiophene rings is 1. The molecule has 3 heterocycles. The third-order valence-electron chi connectivity index (χ3n) is 2.91. The normalized spacial score (nSPS) is 11.5. The SMILES string of the molecule is CC(C)n1c(-c2sccc2N)nc2cnccc21. The molecule has 3 aromatic heterocycles. The van der Waals surface area contributed by atoms with Gasteiger partial charge in [-0.05, 0) is 31.4 Å². The molecule has 0 aromatic carbocycles. The van der Waals surface area contributed by atoms with Crippen LogP contribution in [-0.4, -0.2) is 14.5 Å². The molecular formula is C13H14N4S. The highest BCUT2D eigenvalue weighted by atomic mass is 32.1. The second-order valence-electron chi connectivity index (χ2n) is 4.47. The molecule has 4 nitrogen and oxygen atoms in total. The van der Waals surface area contributed by atoms with Crippen LogP contribution >= 0.6 is 11.3 Å². The van der Waals surface area contributed by atoms with Crippen molar-refractivity contribution in [1.29, 1.82) is 0 Å². The van der Waals surface area contributed by atoms with Crippen molar-refractivity contribution in [2.75, 3.05) is 5.73 Å². The van der Waals surface area contributed by atoms with Gasteiger partial charge in [-0.25, -0.2) is 4.98 Å². The van der Waals surface area contributed by atoms with E-state index in [0.717, 1.165) is 27.4 Å². The third kappa shape index (κ3) is 1.59. The van der Waals surface area contributed by atoms with Gasteiger partial charge in [-0.3, -0.25) is 4.98 Å². The molecule has 92 valence electrons. The molecule has 0 saturated carbocycles. The molecule has 0 amide bonds. The van der Waals surface area contributed by atoms with Gasteiger partial charge in [0, 0.05) is 12.2 Å². The molecule has 0 aliphatic carbocycles. The van der Waals surface area contributed by atoms with Gasteiger partial charge < -0.3 is 10.3 Å². The first-order chi connectivity index (χ1) is 8.68. The summed E-state index contributed by atoms with van der Waals surface area (Å²) in [5.74, 6) is 0.931. The summed E-state index contributed by atoms with van der Waals surface area (Å²) >= 11 is 1.62. The van der Waals surface area contributed by atoms with Crippen LogP contribution in [0.25, 0.3) is 21.7 Å². The second kappa shape index (κ2) is 4.10. The molecular weight excluding hydrogens is 244 g/mol. The summed E-state index contributed by atoms with van der Waals surface area (Å²) in [5, 5.41) is 1.99. The van der Waals surface area contributed by atoms with Gasteiger partial charge in [0.1, 0.15) is 5.52 Å². The van der Waals surface area contributed by atoms with Gasteiger partial charge in [0.2, 0.25) is 0 Å². The molecule has 0 unspecified atom stereocenters. The molecule has 3 aromatic rings. The monoisotopic (exact) mass is 258 g/mol. The number of nitrogen functional groups attached to an aromatic ring is 1. The Bertz CT molecular complexity index is 696. The zero-order chi connectivity index (χ0) is 12.7. The number of anilines is 1. The molecule has 0 saturated heterocycles. The van der Waals surface area contributed by atoms with Crippen molar-refractivity contribution in [3.05, 3.63) is 29.9 Å². The fourth-order valence-corrected chi connectivity index (χ4v) is 2.94. The smallest absolute Gasteiger partial charge is 0.153 e. The van der Waals surface area contributed by atoms with Crippen LogP contribution in [0, 0.1) is 0 Å². The summed E-state index contributed by atoms with van der Waals surface area (Å²) in [4.78, 5) is 9.82. The molecule has 0 spiro atoms. The van der Waals surface area contributed by atoms with E-state index in [9.17, 15) is 0 Å². The van der Waals surface area contributed by atoms with Crippen molar-refractivity contribution in [1.82, 2.24) is 14.5 Å². The molecule has 0 bridgehead atoms. The molecule has 0 aliphatic rings. The Morgan fingerprint density at radius 1 is 1.33 bits per heavy atom. The average Bonchev–Trinajstić information content (AvgIpc) is 2.91. The first-order valence-corrected chi connectivity index (χ1v) is 6.71. The number of pyridine rings is 1. The Kier molecular flexibility index (Phi) is 2.56.